The van der Waals surface area contributed by atoms with E-state index >= 15 is 0 Å². The van der Waals surface area contributed by atoms with E-state index in [4.69, 9.17) is 14.2 Å². The molecule has 0 aliphatic heterocycles. The van der Waals surface area contributed by atoms with Gasteiger partial charge in [0.25, 0.3) is 0 Å². The first kappa shape index (κ1) is 27.7. The smallest absolute Gasteiger partial charge is 0.243 e. The van der Waals surface area contributed by atoms with Gasteiger partial charge in [0.15, 0.2) is 11.6 Å². The van der Waals surface area contributed by atoms with Crippen molar-refractivity contribution in [3.05, 3.63) is 59.9 Å². The summed E-state index contributed by atoms with van der Waals surface area (Å²) in [6.45, 7) is 5.00. The van der Waals surface area contributed by atoms with Gasteiger partial charge in [0.05, 0.1) is 39.0 Å². The first-order chi connectivity index (χ1) is 18.6. The van der Waals surface area contributed by atoms with Gasteiger partial charge in [-0.05, 0) is 37.6 Å². The minimum absolute atomic E-state index is 0.130. The molecule has 39 heavy (non-hydrogen) atoms. The molecule has 4 aromatic rings. The Labute approximate surface area is 225 Å². The Hall–Kier alpha value is -4.33. The molecule has 12 nitrogen and oxygen atoms in total. The van der Waals surface area contributed by atoms with Gasteiger partial charge in [-0.25, -0.2) is 27.8 Å². The average molecular weight is 558 g/mol. The van der Waals surface area contributed by atoms with Gasteiger partial charge >= 0.3 is 0 Å². The van der Waals surface area contributed by atoms with Crippen molar-refractivity contribution in [2.75, 3.05) is 26.1 Å². The fourth-order valence-electron chi connectivity index (χ4n) is 3.89. The number of nitrogens with zero attached hydrogens (tertiary/aromatic N) is 6. The predicted octanol–water partition coefficient (Wildman–Crippen LogP) is 3.53. The number of hydrogen-bond donors (Lipinski definition) is 1. The van der Waals surface area contributed by atoms with Crippen molar-refractivity contribution in [3.63, 3.8) is 0 Å². The third-order valence-electron chi connectivity index (χ3n) is 6.15. The Morgan fingerprint density at radius 3 is 2.21 bits per heavy atom. The summed E-state index contributed by atoms with van der Waals surface area (Å²) in [6.07, 6.45) is 1.98. The van der Waals surface area contributed by atoms with Crippen LogP contribution >= 0.6 is 0 Å². The van der Waals surface area contributed by atoms with Crippen molar-refractivity contribution in [2.24, 2.45) is 0 Å². The van der Waals surface area contributed by atoms with Gasteiger partial charge < -0.3 is 14.2 Å². The van der Waals surface area contributed by atoms with Gasteiger partial charge in [-0.2, -0.15) is 0 Å². The largest absolute Gasteiger partial charge is 0.494 e. The summed E-state index contributed by atoms with van der Waals surface area (Å²) in [5, 5.41) is 7.41. The van der Waals surface area contributed by atoms with E-state index < -0.39 is 27.0 Å². The third kappa shape index (κ3) is 5.60. The third-order valence-corrected chi connectivity index (χ3v) is 8.00. The summed E-state index contributed by atoms with van der Waals surface area (Å²) in [5.41, 5.74) is 1.56. The number of hydrogen-bond acceptors (Lipinski definition) is 10. The second-order valence-electron chi connectivity index (χ2n) is 8.67. The topological polar surface area (TPSA) is 143 Å². The van der Waals surface area contributed by atoms with Gasteiger partial charge in [0.2, 0.25) is 21.9 Å². The number of pyridine rings is 1. The van der Waals surface area contributed by atoms with Crippen LogP contribution in [0.5, 0.6) is 17.4 Å². The van der Waals surface area contributed by atoms with Crippen LogP contribution in [0.15, 0.2) is 42.7 Å². The van der Waals surface area contributed by atoms with Gasteiger partial charge in [-0.1, -0.05) is 13.0 Å². The molecule has 0 fully saturated rings. The van der Waals surface area contributed by atoms with Gasteiger partial charge in [0, 0.05) is 12.0 Å². The summed E-state index contributed by atoms with van der Waals surface area (Å²) >= 11 is 0. The van der Waals surface area contributed by atoms with Crippen LogP contribution in [0.1, 0.15) is 31.2 Å². The number of ether oxygens (including phenoxy) is 3. The van der Waals surface area contributed by atoms with E-state index in [1.54, 1.807) is 37.3 Å². The molecular weight excluding hydrogens is 529 g/mol. The number of anilines is 1. The Morgan fingerprint density at radius 1 is 0.974 bits per heavy atom. The first-order valence-electron chi connectivity index (χ1n) is 11.8. The number of aryl methyl sites for hydroxylation is 1. The van der Waals surface area contributed by atoms with E-state index in [0.717, 1.165) is 18.0 Å². The number of nitrogens with one attached hydrogen (secondary N) is 1. The molecule has 0 amide bonds. The average Bonchev–Trinajstić information content (AvgIpc) is 3.33. The lowest BCUT2D eigenvalue weighted by Gasteiger charge is -2.21. The normalized spacial score (nSPS) is 13.0. The quantitative estimate of drug-likeness (QED) is 0.308. The lowest BCUT2D eigenvalue weighted by Crippen LogP contribution is -2.31. The standard InChI is InChI=1S/C25H28FN7O5S/c1-14-10-18(29-21(11-14)38-6)24-30-31-25(33(24)22-19(36-4)8-7-9-20(22)37-5)32-39(34,35)16(3)15(2)23-27-12-17(26)13-28-23/h7-13,15-16H,1-6H3,(H,31,32). The monoisotopic (exact) mass is 557 g/mol. The van der Waals surface area contributed by atoms with Crippen LogP contribution < -0.4 is 18.9 Å². The minimum Gasteiger partial charge on any atom is -0.494 e. The number of methoxy groups -OCH3 is 3. The number of halogens is 1. The minimum atomic E-state index is -4.10. The van der Waals surface area contributed by atoms with Crippen LogP contribution in [0, 0.1) is 12.7 Å². The maximum absolute atomic E-state index is 13.6. The van der Waals surface area contributed by atoms with Crippen LogP contribution in [0.3, 0.4) is 0 Å². The molecule has 0 aliphatic carbocycles. The summed E-state index contributed by atoms with van der Waals surface area (Å²) < 4.78 is 60.9. The molecule has 0 spiro atoms. The molecule has 1 aromatic carbocycles. The van der Waals surface area contributed by atoms with Crippen LogP contribution in [0.4, 0.5) is 10.3 Å². The number of sulfonamides is 1. The second-order valence-corrected chi connectivity index (χ2v) is 10.7. The highest BCUT2D eigenvalue weighted by atomic mass is 32.2. The fraction of sp³-hybridized carbons (Fsp3) is 0.320. The van der Waals surface area contributed by atoms with Gasteiger partial charge in [-0.3, -0.25) is 9.29 Å². The first-order valence-corrected chi connectivity index (χ1v) is 13.3. The summed E-state index contributed by atoms with van der Waals surface area (Å²) in [6, 6.07) is 8.63. The number of para-hydroxylation sites is 1. The molecule has 2 atom stereocenters. The van der Waals surface area contributed by atoms with Crippen LogP contribution in [-0.2, 0) is 10.0 Å². The molecular formula is C25H28FN7O5S. The van der Waals surface area contributed by atoms with Crippen LogP contribution in [0.2, 0.25) is 0 Å². The zero-order chi connectivity index (χ0) is 28.3. The van der Waals surface area contributed by atoms with E-state index in [0.29, 0.717) is 28.8 Å². The van der Waals surface area contributed by atoms with Gasteiger partial charge in [-0.15, -0.1) is 10.2 Å². The highest BCUT2D eigenvalue weighted by molar-refractivity contribution is 7.93. The lowest BCUT2D eigenvalue weighted by atomic mass is 10.1. The van der Waals surface area contributed by atoms with E-state index in [1.807, 2.05) is 6.92 Å². The zero-order valence-electron chi connectivity index (χ0n) is 22.2. The van der Waals surface area contributed by atoms with Crippen molar-refractivity contribution in [2.45, 2.75) is 31.9 Å². The molecule has 0 aliphatic rings. The molecule has 2 unspecified atom stereocenters. The fourth-order valence-corrected chi connectivity index (χ4v) is 5.12. The highest BCUT2D eigenvalue weighted by Gasteiger charge is 2.32. The Balaban J connectivity index is 1.86. The summed E-state index contributed by atoms with van der Waals surface area (Å²) in [4.78, 5) is 12.4. The number of benzene rings is 1. The maximum Gasteiger partial charge on any atom is 0.243 e. The van der Waals surface area contributed by atoms with E-state index in [-0.39, 0.29) is 17.6 Å². The molecule has 3 heterocycles. The zero-order valence-corrected chi connectivity index (χ0v) is 23.0. The SMILES string of the molecule is COc1cc(C)cc(-c2nnc(NS(=O)(=O)C(C)C(C)c3ncc(F)cn3)n2-c2c(OC)cccc2OC)n1. The van der Waals surface area contributed by atoms with Gasteiger partial charge in [0.1, 0.15) is 28.7 Å². The molecule has 0 saturated carbocycles. The second kappa shape index (κ2) is 11.2. The molecule has 1 N–H and O–H groups in total. The van der Waals surface area contributed by atoms with E-state index in [1.165, 1.54) is 32.8 Å². The summed E-state index contributed by atoms with van der Waals surface area (Å²) in [5.74, 6) is 0.0477. The van der Waals surface area contributed by atoms with Crippen molar-refractivity contribution < 1.29 is 27.0 Å². The predicted molar refractivity (Wildman–Crippen MR) is 141 cm³/mol. The number of rotatable bonds is 10. The molecule has 0 radical (unpaired) electrons. The molecule has 206 valence electrons. The number of aromatic nitrogens is 6. The lowest BCUT2D eigenvalue weighted by molar-refractivity contribution is 0.391. The van der Waals surface area contributed by atoms with Crippen LogP contribution in [0.25, 0.3) is 17.2 Å². The Bertz CT molecular complexity index is 1560. The molecule has 0 saturated heterocycles. The van der Waals surface area contributed by atoms with Crippen molar-refractivity contribution in [3.8, 4) is 34.6 Å². The highest BCUT2D eigenvalue weighted by Crippen LogP contribution is 2.38. The maximum atomic E-state index is 13.6. The van der Waals surface area contributed by atoms with E-state index in [2.05, 4.69) is 29.9 Å². The van der Waals surface area contributed by atoms with Crippen molar-refractivity contribution >= 4 is 16.0 Å². The molecule has 4 rings (SSSR count). The van der Waals surface area contributed by atoms with Crippen LogP contribution in [-0.4, -0.2) is 64.7 Å². The Morgan fingerprint density at radius 2 is 1.62 bits per heavy atom. The Kier molecular flexibility index (Phi) is 7.95. The summed E-state index contributed by atoms with van der Waals surface area (Å²) in [7, 11) is 0.346. The molecule has 3 aromatic heterocycles. The van der Waals surface area contributed by atoms with E-state index in [9.17, 15) is 12.8 Å². The van der Waals surface area contributed by atoms with Crippen molar-refractivity contribution in [1.82, 2.24) is 29.7 Å². The molecule has 0 bridgehead atoms. The molecule has 14 heteroatoms. The van der Waals surface area contributed by atoms with Crippen molar-refractivity contribution in [1.29, 1.82) is 0 Å².